The van der Waals surface area contributed by atoms with Gasteiger partial charge in [-0.1, -0.05) is 39.0 Å². The first-order valence-corrected chi connectivity index (χ1v) is 8.32. The molecule has 3 aromatic rings. The second-order valence-corrected chi connectivity index (χ2v) is 7.38. The number of H-pyrrole nitrogens is 1. The topological polar surface area (TPSA) is 40.7 Å². The Kier molecular flexibility index (Phi) is 4.03. The minimum atomic E-state index is 0.0757. The van der Waals surface area contributed by atoms with Crippen molar-refractivity contribution in [1.82, 2.24) is 10.2 Å². The lowest BCUT2D eigenvalue weighted by atomic mass is 9.89. The van der Waals surface area contributed by atoms with Crippen molar-refractivity contribution < 1.29 is 0 Å². The number of nitrogens with one attached hydrogen (secondary N) is 2. The average molecular weight is 311 g/mol. The van der Waals surface area contributed by atoms with Gasteiger partial charge < -0.3 is 5.32 Å². The first kappa shape index (κ1) is 14.9. The van der Waals surface area contributed by atoms with Crippen molar-refractivity contribution in [1.29, 1.82) is 0 Å². The van der Waals surface area contributed by atoms with E-state index in [9.17, 15) is 0 Å². The number of nitrogens with zero attached hydrogens (tertiary/aromatic N) is 1. The second-order valence-electron chi connectivity index (χ2n) is 6.43. The molecule has 114 valence electrons. The highest BCUT2D eigenvalue weighted by atomic mass is 32.1. The summed E-state index contributed by atoms with van der Waals surface area (Å²) in [7, 11) is 0. The summed E-state index contributed by atoms with van der Waals surface area (Å²) in [5.41, 5.74) is 4.87. The zero-order valence-electron chi connectivity index (χ0n) is 13.2. The van der Waals surface area contributed by atoms with E-state index < -0.39 is 0 Å². The fourth-order valence-corrected chi connectivity index (χ4v) is 3.24. The first-order chi connectivity index (χ1) is 10.5. The predicted octanol–water partition coefficient (Wildman–Crippen LogP) is 5.05. The van der Waals surface area contributed by atoms with E-state index in [4.69, 9.17) is 0 Å². The Labute approximate surface area is 135 Å². The molecule has 0 saturated carbocycles. The third kappa shape index (κ3) is 3.22. The zero-order chi connectivity index (χ0) is 15.6. The van der Waals surface area contributed by atoms with Crippen molar-refractivity contribution in [2.45, 2.75) is 32.7 Å². The second kappa shape index (κ2) is 5.97. The summed E-state index contributed by atoms with van der Waals surface area (Å²) < 4.78 is 0. The molecule has 0 amide bonds. The zero-order valence-corrected chi connectivity index (χ0v) is 14.0. The normalized spacial score (nSPS) is 11.6. The lowest BCUT2D eigenvalue weighted by Gasteiger charge is -2.18. The molecule has 0 aliphatic rings. The first-order valence-electron chi connectivity index (χ1n) is 7.44. The van der Waals surface area contributed by atoms with Crippen LogP contribution in [0.1, 0.15) is 32.0 Å². The van der Waals surface area contributed by atoms with Gasteiger partial charge in [0.1, 0.15) is 0 Å². The average Bonchev–Trinajstić information content (AvgIpc) is 3.16. The van der Waals surface area contributed by atoms with Gasteiger partial charge in [0.25, 0.3) is 0 Å². The smallest absolute Gasteiger partial charge is 0.0540 e. The van der Waals surface area contributed by atoms with Gasteiger partial charge in [0.2, 0.25) is 0 Å². The Morgan fingerprint density at radius 1 is 1.18 bits per heavy atom. The highest BCUT2D eigenvalue weighted by Crippen LogP contribution is 2.28. The number of thiophene rings is 1. The number of hydrogen-bond acceptors (Lipinski definition) is 3. The molecule has 2 N–H and O–H groups in total. The number of rotatable bonds is 4. The molecule has 2 aromatic heterocycles. The summed E-state index contributed by atoms with van der Waals surface area (Å²) in [5, 5.41) is 12.9. The molecule has 3 nitrogen and oxygen atoms in total. The van der Waals surface area contributed by atoms with Crippen LogP contribution in [0, 0.1) is 0 Å². The van der Waals surface area contributed by atoms with Crippen molar-refractivity contribution in [3.05, 3.63) is 59.2 Å². The van der Waals surface area contributed by atoms with E-state index in [1.54, 1.807) is 11.3 Å². The van der Waals surface area contributed by atoms with E-state index in [0.29, 0.717) is 0 Å². The predicted molar refractivity (Wildman–Crippen MR) is 94.4 cm³/mol. The summed E-state index contributed by atoms with van der Waals surface area (Å²) >= 11 is 1.76. The van der Waals surface area contributed by atoms with E-state index in [1.807, 2.05) is 6.20 Å². The minimum Gasteiger partial charge on any atom is -0.381 e. The van der Waals surface area contributed by atoms with Crippen LogP contribution in [0.2, 0.25) is 0 Å². The fraction of sp³-hybridized carbons (Fsp3) is 0.278. The van der Waals surface area contributed by atoms with Gasteiger partial charge in [-0.05, 0) is 29.1 Å². The maximum atomic E-state index is 4.20. The summed E-state index contributed by atoms with van der Waals surface area (Å²) in [6.07, 6.45) is 1.91. The number of benzene rings is 1. The van der Waals surface area contributed by atoms with Crippen LogP contribution in [0.3, 0.4) is 0 Å². The van der Waals surface area contributed by atoms with Crippen molar-refractivity contribution in [3.8, 4) is 10.4 Å². The molecule has 0 aliphatic carbocycles. The molecule has 1 aromatic carbocycles. The Morgan fingerprint density at radius 3 is 2.77 bits per heavy atom. The van der Waals surface area contributed by atoms with Crippen LogP contribution in [-0.4, -0.2) is 10.2 Å². The van der Waals surface area contributed by atoms with E-state index in [2.05, 4.69) is 78.1 Å². The minimum absolute atomic E-state index is 0.0757. The van der Waals surface area contributed by atoms with Gasteiger partial charge in [-0.3, -0.25) is 5.10 Å². The van der Waals surface area contributed by atoms with Crippen LogP contribution in [0.4, 0.5) is 5.69 Å². The molecule has 0 radical (unpaired) electrons. The van der Waals surface area contributed by atoms with Crippen LogP contribution in [0.15, 0.2) is 48.0 Å². The molecule has 0 fully saturated rings. The maximum Gasteiger partial charge on any atom is 0.0540 e. The van der Waals surface area contributed by atoms with Gasteiger partial charge in [0, 0.05) is 33.8 Å². The number of anilines is 1. The molecular weight excluding hydrogens is 290 g/mol. The third-order valence-electron chi connectivity index (χ3n) is 3.62. The SMILES string of the molecule is CC(C)(C)c1[nH]ncc1CNc1cccc(-c2cccs2)c1. The summed E-state index contributed by atoms with van der Waals surface area (Å²) in [5.74, 6) is 0. The molecule has 0 aliphatic heterocycles. The van der Waals surface area contributed by atoms with Crippen LogP contribution in [0.5, 0.6) is 0 Å². The van der Waals surface area contributed by atoms with E-state index in [0.717, 1.165) is 12.2 Å². The van der Waals surface area contributed by atoms with Gasteiger partial charge in [-0.15, -0.1) is 11.3 Å². The van der Waals surface area contributed by atoms with E-state index in [-0.39, 0.29) is 5.41 Å². The fourth-order valence-electron chi connectivity index (χ4n) is 2.52. The molecule has 0 spiro atoms. The Balaban J connectivity index is 1.75. The maximum absolute atomic E-state index is 4.20. The van der Waals surface area contributed by atoms with Gasteiger partial charge in [0.05, 0.1) is 6.20 Å². The molecular formula is C18H21N3S. The summed E-state index contributed by atoms with van der Waals surface area (Å²) in [4.78, 5) is 1.29. The lowest BCUT2D eigenvalue weighted by molar-refractivity contribution is 0.561. The largest absolute Gasteiger partial charge is 0.381 e. The molecule has 0 bridgehead atoms. The van der Waals surface area contributed by atoms with Gasteiger partial charge in [-0.25, -0.2) is 0 Å². The van der Waals surface area contributed by atoms with Crippen LogP contribution in [0.25, 0.3) is 10.4 Å². The monoisotopic (exact) mass is 311 g/mol. The molecule has 0 atom stereocenters. The molecule has 4 heteroatoms. The van der Waals surface area contributed by atoms with Crippen LogP contribution >= 0.6 is 11.3 Å². The molecule has 2 heterocycles. The van der Waals surface area contributed by atoms with E-state index >= 15 is 0 Å². The number of hydrogen-bond donors (Lipinski definition) is 2. The summed E-state index contributed by atoms with van der Waals surface area (Å²) in [6, 6.07) is 12.8. The van der Waals surface area contributed by atoms with Crippen molar-refractivity contribution in [2.75, 3.05) is 5.32 Å². The molecule has 0 unspecified atom stereocenters. The molecule has 0 saturated heterocycles. The number of aromatic amines is 1. The third-order valence-corrected chi connectivity index (χ3v) is 4.54. The van der Waals surface area contributed by atoms with Gasteiger partial charge in [0.15, 0.2) is 0 Å². The highest BCUT2D eigenvalue weighted by Gasteiger charge is 2.19. The van der Waals surface area contributed by atoms with Gasteiger partial charge >= 0.3 is 0 Å². The van der Waals surface area contributed by atoms with E-state index in [1.165, 1.54) is 21.7 Å². The van der Waals surface area contributed by atoms with Crippen LogP contribution < -0.4 is 5.32 Å². The van der Waals surface area contributed by atoms with Crippen molar-refractivity contribution >= 4 is 17.0 Å². The van der Waals surface area contributed by atoms with Gasteiger partial charge in [-0.2, -0.15) is 5.10 Å². The lowest BCUT2D eigenvalue weighted by Crippen LogP contribution is -2.15. The quantitative estimate of drug-likeness (QED) is 0.708. The number of aromatic nitrogens is 2. The van der Waals surface area contributed by atoms with Crippen molar-refractivity contribution in [3.63, 3.8) is 0 Å². The van der Waals surface area contributed by atoms with Crippen molar-refractivity contribution in [2.24, 2.45) is 0 Å². The highest BCUT2D eigenvalue weighted by molar-refractivity contribution is 7.13. The van der Waals surface area contributed by atoms with Crippen LogP contribution in [-0.2, 0) is 12.0 Å². The Morgan fingerprint density at radius 2 is 2.05 bits per heavy atom. The standard InChI is InChI=1S/C18H21N3S/c1-18(2,3)17-14(12-20-21-17)11-19-15-7-4-6-13(10-15)16-8-5-9-22-16/h4-10,12,19H,11H2,1-3H3,(H,20,21). The Bertz CT molecular complexity index is 736. The summed E-state index contributed by atoms with van der Waals surface area (Å²) in [6.45, 7) is 7.36. The molecule has 22 heavy (non-hydrogen) atoms. The molecule has 3 rings (SSSR count). The Hall–Kier alpha value is -2.07.